The van der Waals surface area contributed by atoms with E-state index in [-0.39, 0.29) is 17.4 Å². The molecule has 0 spiro atoms. The number of aromatic nitrogens is 1. The number of aromatic amines is 1. The number of carbonyl (C=O) groups excluding carboxylic acids is 1. The van der Waals surface area contributed by atoms with E-state index in [1.165, 1.54) is 0 Å². The van der Waals surface area contributed by atoms with Crippen molar-refractivity contribution in [3.63, 3.8) is 0 Å². The summed E-state index contributed by atoms with van der Waals surface area (Å²) in [6.45, 7) is 5.94. The Morgan fingerprint density at radius 3 is 2.70 bits per heavy atom. The molecule has 2 heterocycles. The minimum Gasteiger partial charge on any atom is -0.372 e. The first-order valence-corrected chi connectivity index (χ1v) is 10.1. The SMILES string of the molecule is CCCCCC(=O)N1CCC(OCc2[nH]c3ccccc3c(=O)c2C)CC1. The van der Waals surface area contributed by atoms with Gasteiger partial charge >= 0.3 is 0 Å². The van der Waals surface area contributed by atoms with Crippen LogP contribution < -0.4 is 5.43 Å². The van der Waals surface area contributed by atoms with Crippen LogP contribution in [0.15, 0.2) is 29.1 Å². The number of fused-ring (bicyclic) bond motifs is 1. The summed E-state index contributed by atoms with van der Waals surface area (Å²) in [7, 11) is 0. The van der Waals surface area contributed by atoms with Crippen molar-refractivity contribution < 1.29 is 9.53 Å². The highest BCUT2D eigenvalue weighted by molar-refractivity contribution is 5.79. The van der Waals surface area contributed by atoms with Gasteiger partial charge in [0.2, 0.25) is 5.91 Å². The average Bonchev–Trinajstić information content (AvgIpc) is 2.70. The van der Waals surface area contributed by atoms with Crippen molar-refractivity contribution in [1.82, 2.24) is 9.88 Å². The zero-order valence-electron chi connectivity index (χ0n) is 16.4. The molecule has 1 aliphatic rings. The van der Waals surface area contributed by atoms with Gasteiger partial charge in [0.1, 0.15) is 0 Å². The second kappa shape index (κ2) is 9.18. The van der Waals surface area contributed by atoms with Crippen LogP contribution in [0.25, 0.3) is 10.9 Å². The summed E-state index contributed by atoms with van der Waals surface area (Å²) in [5, 5.41) is 0.716. The van der Waals surface area contributed by atoms with Crippen molar-refractivity contribution >= 4 is 16.8 Å². The van der Waals surface area contributed by atoms with E-state index in [0.717, 1.165) is 62.0 Å². The predicted molar refractivity (Wildman–Crippen MR) is 108 cm³/mol. The van der Waals surface area contributed by atoms with Crippen LogP contribution in [0.5, 0.6) is 0 Å². The van der Waals surface area contributed by atoms with Gasteiger partial charge in [-0.1, -0.05) is 31.9 Å². The Hall–Kier alpha value is -2.14. The average molecular weight is 370 g/mol. The summed E-state index contributed by atoms with van der Waals surface area (Å²) in [5.41, 5.74) is 2.48. The Bertz CT molecular complexity index is 835. The summed E-state index contributed by atoms with van der Waals surface area (Å²) >= 11 is 0. The lowest BCUT2D eigenvalue weighted by Gasteiger charge is -2.32. The molecule has 1 aromatic heterocycles. The number of unbranched alkanes of at least 4 members (excludes halogenated alkanes) is 2. The van der Waals surface area contributed by atoms with E-state index >= 15 is 0 Å². The summed E-state index contributed by atoms with van der Waals surface area (Å²) in [6, 6.07) is 7.57. The van der Waals surface area contributed by atoms with Gasteiger partial charge in [-0.3, -0.25) is 9.59 Å². The van der Waals surface area contributed by atoms with Crippen LogP contribution in [0.3, 0.4) is 0 Å². The maximum Gasteiger partial charge on any atom is 0.222 e. The molecule has 5 nitrogen and oxygen atoms in total. The number of para-hydroxylation sites is 1. The number of benzene rings is 1. The number of carbonyl (C=O) groups is 1. The van der Waals surface area contributed by atoms with E-state index in [0.29, 0.717) is 18.4 Å². The minimum absolute atomic E-state index is 0.0652. The molecule has 0 saturated carbocycles. The Morgan fingerprint density at radius 2 is 1.96 bits per heavy atom. The lowest BCUT2D eigenvalue weighted by atomic mass is 10.1. The zero-order chi connectivity index (χ0) is 19.2. The molecule has 3 rings (SSSR count). The van der Waals surface area contributed by atoms with Gasteiger partial charge in [0, 0.05) is 41.7 Å². The van der Waals surface area contributed by atoms with Gasteiger partial charge in [-0.2, -0.15) is 0 Å². The largest absolute Gasteiger partial charge is 0.372 e. The lowest BCUT2D eigenvalue weighted by molar-refractivity contribution is -0.134. The second-order valence-corrected chi connectivity index (χ2v) is 7.45. The fourth-order valence-corrected chi connectivity index (χ4v) is 3.69. The Balaban J connectivity index is 1.53. The molecule has 1 aliphatic heterocycles. The number of nitrogens with zero attached hydrogens (tertiary/aromatic N) is 1. The smallest absolute Gasteiger partial charge is 0.222 e. The highest BCUT2D eigenvalue weighted by Gasteiger charge is 2.23. The van der Waals surface area contributed by atoms with E-state index in [4.69, 9.17) is 4.74 Å². The fraction of sp³-hybridized carbons (Fsp3) is 0.545. The first-order chi connectivity index (χ1) is 13.1. The van der Waals surface area contributed by atoms with Gasteiger partial charge in [-0.05, 0) is 38.3 Å². The maximum atomic E-state index is 12.5. The van der Waals surface area contributed by atoms with Crippen LogP contribution in [-0.2, 0) is 16.1 Å². The molecular formula is C22H30N2O3. The Morgan fingerprint density at radius 1 is 1.22 bits per heavy atom. The number of ether oxygens (including phenoxy) is 1. The maximum absolute atomic E-state index is 12.5. The number of hydrogen-bond donors (Lipinski definition) is 1. The molecule has 1 N–H and O–H groups in total. The van der Waals surface area contributed by atoms with Crippen LogP contribution in [0.2, 0.25) is 0 Å². The highest BCUT2D eigenvalue weighted by atomic mass is 16.5. The molecule has 5 heteroatoms. The number of rotatable bonds is 7. The van der Waals surface area contributed by atoms with Crippen molar-refractivity contribution in [3.05, 3.63) is 45.7 Å². The van der Waals surface area contributed by atoms with Gasteiger partial charge < -0.3 is 14.6 Å². The third-order valence-corrected chi connectivity index (χ3v) is 5.50. The summed E-state index contributed by atoms with van der Waals surface area (Å²) < 4.78 is 6.07. The van der Waals surface area contributed by atoms with Crippen LogP contribution in [0.1, 0.15) is 56.7 Å². The quantitative estimate of drug-likeness (QED) is 0.751. The van der Waals surface area contributed by atoms with Crippen LogP contribution in [0, 0.1) is 6.92 Å². The number of amides is 1. The van der Waals surface area contributed by atoms with E-state index in [2.05, 4.69) is 11.9 Å². The van der Waals surface area contributed by atoms with Crippen molar-refractivity contribution in [2.45, 2.75) is 65.1 Å². The van der Waals surface area contributed by atoms with Crippen LogP contribution in [-0.4, -0.2) is 35.0 Å². The molecule has 0 bridgehead atoms. The molecule has 0 atom stereocenters. The van der Waals surface area contributed by atoms with Crippen LogP contribution >= 0.6 is 0 Å². The van der Waals surface area contributed by atoms with E-state index < -0.39 is 0 Å². The van der Waals surface area contributed by atoms with E-state index in [1.807, 2.05) is 36.1 Å². The van der Waals surface area contributed by atoms with Crippen molar-refractivity contribution in [1.29, 1.82) is 0 Å². The zero-order valence-corrected chi connectivity index (χ0v) is 16.4. The van der Waals surface area contributed by atoms with Gasteiger partial charge in [0.15, 0.2) is 5.43 Å². The molecular weight excluding hydrogens is 340 g/mol. The molecule has 27 heavy (non-hydrogen) atoms. The molecule has 1 fully saturated rings. The molecule has 0 radical (unpaired) electrons. The molecule has 1 amide bonds. The number of H-pyrrole nitrogens is 1. The Kier molecular flexibility index (Phi) is 6.67. The van der Waals surface area contributed by atoms with E-state index in [1.54, 1.807) is 0 Å². The molecule has 146 valence electrons. The molecule has 2 aromatic rings. The lowest BCUT2D eigenvalue weighted by Crippen LogP contribution is -2.40. The number of pyridine rings is 1. The normalized spacial score (nSPS) is 15.4. The first-order valence-electron chi connectivity index (χ1n) is 10.1. The number of nitrogens with one attached hydrogen (secondary N) is 1. The van der Waals surface area contributed by atoms with Gasteiger partial charge in [-0.15, -0.1) is 0 Å². The molecule has 1 aromatic carbocycles. The summed E-state index contributed by atoms with van der Waals surface area (Å²) in [4.78, 5) is 30.0. The summed E-state index contributed by atoms with van der Waals surface area (Å²) in [5.74, 6) is 0.275. The second-order valence-electron chi connectivity index (χ2n) is 7.45. The van der Waals surface area contributed by atoms with E-state index in [9.17, 15) is 9.59 Å². The topological polar surface area (TPSA) is 62.4 Å². The standard InChI is InChI=1S/C22H30N2O3/c1-3-4-5-10-21(25)24-13-11-17(12-14-24)27-15-20-16(2)22(26)18-8-6-7-9-19(18)23-20/h6-9,17H,3-5,10-15H2,1-2H3,(H,23,26). The Labute approximate surface area is 160 Å². The molecule has 0 unspecified atom stereocenters. The highest BCUT2D eigenvalue weighted by Crippen LogP contribution is 2.18. The summed E-state index contributed by atoms with van der Waals surface area (Å²) in [6.07, 6.45) is 5.76. The third-order valence-electron chi connectivity index (χ3n) is 5.50. The third kappa shape index (κ3) is 4.78. The fourth-order valence-electron chi connectivity index (χ4n) is 3.69. The molecule has 0 aliphatic carbocycles. The predicted octanol–water partition coefficient (Wildman–Crippen LogP) is 3.92. The van der Waals surface area contributed by atoms with Crippen molar-refractivity contribution in [2.24, 2.45) is 0 Å². The van der Waals surface area contributed by atoms with Gasteiger partial charge in [-0.25, -0.2) is 0 Å². The van der Waals surface area contributed by atoms with Gasteiger partial charge in [0.05, 0.1) is 12.7 Å². The monoisotopic (exact) mass is 370 g/mol. The first kappa shape index (κ1) is 19.6. The van der Waals surface area contributed by atoms with Crippen LogP contribution in [0.4, 0.5) is 0 Å². The number of likely N-dealkylation sites (tertiary alicyclic amines) is 1. The molecule has 1 saturated heterocycles. The number of piperidine rings is 1. The van der Waals surface area contributed by atoms with Gasteiger partial charge in [0.25, 0.3) is 0 Å². The number of hydrogen-bond acceptors (Lipinski definition) is 3. The minimum atomic E-state index is 0.0652. The van der Waals surface area contributed by atoms with Crippen molar-refractivity contribution in [3.8, 4) is 0 Å². The van der Waals surface area contributed by atoms with Crippen molar-refractivity contribution in [2.75, 3.05) is 13.1 Å².